The van der Waals surface area contributed by atoms with Crippen molar-refractivity contribution in [1.82, 2.24) is 24.1 Å². The minimum atomic E-state index is -3.22. The summed E-state index contributed by atoms with van der Waals surface area (Å²) in [6.07, 6.45) is 2.89. The fourth-order valence-corrected chi connectivity index (χ4v) is 4.98. The molecule has 0 spiro atoms. The van der Waals surface area contributed by atoms with E-state index in [1.807, 2.05) is 24.3 Å². The highest BCUT2D eigenvalue weighted by Gasteiger charge is 2.30. The van der Waals surface area contributed by atoms with E-state index in [1.165, 1.54) is 21.9 Å². The Balaban J connectivity index is 1.52. The van der Waals surface area contributed by atoms with E-state index in [-0.39, 0.29) is 12.5 Å². The van der Waals surface area contributed by atoms with Crippen molar-refractivity contribution in [2.24, 2.45) is 0 Å². The summed E-state index contributed by atoms with van der Waals surface area (Å²) in [6.45, 7) is 1.24. The van der Waals surface area contributed by atoms with E-state index in [1.54, 1.807) is 11.6 Å². The first-order chi connectivity index (χ1) is 13.5. The van der Waals surface area contributed by atoms with Gasteiger partial charge in [0.2, 0.25) is 15.0 Å². The summed E-state index contributed by atoms with van der Waals surface area (Å²) in [5.41, 5.74) is 0. The molecule has 1 atom stereocenters. The molecule has 4 rings (SSSR count). The van der Waals surface area contributed by atoms with E-state index in [0.29, 0.717) is 35.4 Å². The van der Waals surface area contributed by atoms with Crippen molar-refractivity contribution in [3.8, 4) is 11.5 Å². The molecule has 1 saturated heterocycles. The van der Waals surface area contributed by atoms with Crippen molar-refractivity contribution in [2.75, 3.05) is 26.5 Å². The zero-order valence-electron chi connectivity index (χ0n) is 15.6. The van der Waals surface area contributed by atoms with Crippen LogP contribution in [0.15, 0.2) is 24.3 Å². The summed E-state index contributed by atoms with van der Waals surface area (Å²) in [7, 11) is -1.62. The number of rotatable bonds is 6. The lowest BCUT2D eigenvalue weighted by Gasteiger charge is -2.29. The van der Waals surface area contributed by atoms with Gasteiger partial charge in [0.25, 0.3) is 0 Å². The van der Waals surface area contributed by atoms with Crippen molar-refractivity contribution in [1.29, 1.82) is 0 Å². The molecular formula is C17H21N5O4S2. The van der Waals surface area contributed by atoms with E-state index in [2.05, 4.69) is 15.3 Å². The highest BCUT2D eigenvalue weighted by Crippen LogP contribution is 2.30. The number of para-hydroxylation sites is 2. The van der Waals surface area contributed by atoms with Gasteiger partial charge in [0.05, 0.1) is 13.4 Å². The molecule has 0 radical (unpaired) electrons. The number of aromatic nitrogens is 4. The molecule has 1 aliphatic rings. The first-order valence-electron chi connectivity index (χ1n) is 8.87. The van der Waals surface area contributed by atoms with Crippen LogP contribution in [0.4, 0.5) is 0 Å². The highest BCUT2D eigenvalue weighted by molar-refractivity contribution is 7.88. The summed E-state index contributed by atoms with van der Waals surface area (Å²) in [5.74, 6) is 1.98. The largest absolute Gasteiger partial charge is 0.493 e. The molecule has 3 aromatic rings. The monoisotopic (exact) mass is 423 g/mol. The molecular weight excluding hydrogens is 402 g/mol. The lowest BCUT2D eigenvalue weighted by Crippen LogP contribution is -2.38. The third-order valence-electron chi connectivity index (χ3n) is 4.70. The van der Waals surface area contributed by atoms with Crippen LogP contribution in [0.25, 0.3) is 4.96 Å². The fourth-order valence-electron chi connectivity index (χ4n) is 3.32. The summed E-state index contributed by atoms with van der Waals surface area (Å²) in [4.78, 5) is 0.671. The van der Waals surface area contributed by atoms with Gasteiger partial charge in [-0.15, -0.1) is 10.2 Å². The Morgan fingerprint density at radius 3 is 2.79 bits per heavy atom. The Morgan fingerprint density at radius 1 is 1.25 bits per heavy atom. The van der Waals surface area contributed by atoms with E-state index < -0.39 is 10.0 Å². The third-order valence-corrected chi connectivity index (χ3v) is 6.84. The van der Waals surface area contributed by atoms with Gasteiger partial charge in [-0.05, 0) is 25.0 Å². The molecule has 0 N–H and O–H groups in total. The number of benzene rings is 1. The summed E-state index contributed by atoms with van der Waals surface area (Å²) in [6, 6.07) is 7.44. The Hall–Kier alpha value is -2.24. The molecule has 1 fully saturated rings. The first kappa shape index (κ1) is 19.1. The minimum absolute atomic E-state index is 0.0245. The lowest BCUT2D eigenvalue weighted by atomic mass is 9.99. The second-order valence-electron chi connectivity index (χ2n) is 6.65. The number of hydrogen-bond acceptors (Lipinski definition) is 8. The number of piperidine rings is 1. The molecule has 150 valence electrons. The molecule has 2 aromatic heterocycles. The maximum atomic E-state index is 11.9. The van der Waals surface area contributed by atoms with Gasteiger partial charge in [-0.3, -0.25) is 0 Å². The van der Waals surface area contributed by atoms with Gasteiger partial charge < -0.3 is 9.47 Å². The van der Waals surface area contributed by atoms with Crippen LogP contribution in [-0.2, 0) is 16.6 Å². The second-order valence-corrected chi connectivity index (χ2v) is 9.67. The van der Waals surface area contributed by atoms with Crippen LogP contribution in [0.3, 0.4) is 0 Å². The Morgan fingerprint density at radius 2 is 2.04 bits per heavy atom. The summed E-state index contributed by atoms with van der Waals surface area (Å²) < 4.78 is 38.1. The topological polar surface area (TPSA) is 98.9 Å². The van der Waals surface area contributed by atoms with Gasteiger partial charge >= 0.3 is 0 Å². The van der Waals surface area contributed by atoms with E-state index >= 15 is 0 Å². The van der Waals surface area contributed by atoms with Crippen molar-refractivity contribution in [2.45, 2.75) is 25.4 Å². The first-order valence-corrected chi connectivity index (χ1v) is 11.5. The average molecular weight is 424 g/mol. The predicted octanol–water partition coefficient (Wildman–Crippen LogP) is 1.91. The molecule has 1 aliphatic heterocycles. The summed E-state index contributed by atoms with van der Waals surface area (Å²) >= 11 is 1.40. The van der Waals surface area contributed by atoms with E-state index in [9.17, 15) is 8.42 Å². The van der Waals surface area contributed by atoms with Crippen molar-refractivity contribution >= 4 is 26.3 Å². The van der Waals surface area contributed by atoms with Gasteiger partial charge in [0.1, 0.15) is 6.61 Å². The normalized spacial score (nSPS) is 18.4. The Labute approximate surface area is 167 Å². The molecule has 1 unspecified atom stereocenters. The van der Waals surface area contributed by atoms with Crippen LogP contribution in [0, 0.1) is 0 Å². The fraction of sp³-hybridized carbons (Fsp3) is 0.471. The molecule has 3 heterocycles. The maximum absolute atomic E-state index is 11.9. The molecule has 0 saturated carbocycles. The zero-order chi connectivity index (χ0) is 19.7. The number of nitrogens with zero attached hydrogens (tertiary/aromatic N) is 5. The standard InChI is InChI=1S/C17H21N5O4S2/c1-25-13-7-3-4-8-14(13)26-11-15-20-22-16(18-19-17(22)27-15)12-6-5-9-21(10-12)28(2,23)24/h3-4,7-8,12H,5-6,9-11H2,1-2H3. The van der Waals surface area contributed by atoms with Gasteiger partial charge in [-0.25, -0.2) is 12.7 Å². The lowest BCUT2D eigenvalue weighted by molar-refractivity contribution is 0.282. The Kier molecular flexibility index (Phi) is 5.21. The van der Waals surface area contributed by atoms with Gasteiger partial charge in [0.15, 0.2) is 22.3 Å². The van der Waals surface area contributed by atoms with Gasteiger partial charge in [-0.2, -0.15) is 9.61 Å². The SMILES string of the molecule is COc1ccccc1OCc1nn2c(C3CCCN(S(C)(=O)=O)C3)nnc2s1. The maximum Gasteiger partial charge on any atom is 0.234 e. The quantitative estimate of drug-likeness (QED) is 0.597. The third kappa shape index (κ3) is 3.82. The van der Waals surface area contributed by atoms with Crippen LogP contribution in [0.5, 0.6) is 11.5 Å². The number of sulfonamides is 1. The van der Waals surface area contributed by atoms with Gasteiger partial charge in [0, 0.05) is 19.0 Å². The van der Waals surface area contributed by atoms with Crippen molar-refractivity contribution in [3.05, 3.63) is 35.1 Å². The molecule has 1 aromatic carbocycles. The number of hydrogen-bond donors (Lipinski definition) is 0. The highest BCUT2D eigenvalue weighted by atomic mass is 32.2. The van der Waals surface area contributed by atoms with Crippen LogP contribution < -0.4 is 9.47 Å². The van der Waals surface area contributed by atoms with Crippen LogP contribution in [-0.4, -0.2) is 59.0 Å². The second kappa shape index (κ2) is 7.64. The molecule has 0 amide bonds. The van der Waals surface area contributed by atoms with Crippen LogP contribution >= 0.6 is 11.3 Å². The smallest absolute Gasteiger partial charge is 0.234 e. The molecule has 11 heteroatoms. The number of fused-ring (bicyclic) bond motifs is 1. The molecule has 9 nitrogen and oxygen atoms in total. The zero-order valence-corrected chi connectivity index (χ0v) is 17.2. The minimum Gasteiger partial charge on any atom is -0.493 e. The molecule has 0 aliphatic carbocycles. The molecule has 0 bridgehead atoms. The van der Waals surface area contributed by atoms with E-state index in [0.717, 1.165) is 17.8 Å². The van der Waals surface area contributed by atoms with Crippen molar-refractivity contribution < 1.29 is 17.9 Å². The van der Waals surface area contributed by atoms with Crippen LogP contribution in [0.1, 0.15) is 29.6 Å². The number of methoxy groups -OCH3 is 1. The van der Waals surface area contributed by atoms with Gasteiger partial charge in [-0.1, -0.05) is 23.5 Å². The molecule has 28 heavy (non-hydrogen) atoms. The van der Waals surface area contributed by atoms with Crippen LogP contribution in [0.2, 0.25) is 0 Å². The van der Waals surface area contributed by atoms with Crippen molar-refractivity contribution in [3.63, 3.8) is 0 Å². The Bertz CT molecular complexity index is 1080. The predicted molar refractivity (Wildman–Crippen MR) is 104 cm³/mol. The average Bonchev–Trinajstić information content (AvgIpc) is 3.26. The summed E-state index contributed by atoms with van der Waals surface area (Å²) in [5, 5.41) is 13.8. The van der Waals surface area contributed by atoms with E-state index in [4.69, 9.17) is 9.47 Å². The number of ether oxygens (including phenoxy) is 2.